The second-order valence-electron chi connectivity index (χ2n) is 4.18. The van der Waals surface area contributed by atoms with Crippen LogP contribution in [-0.4, -0.2) is 62.8 Å². The fourth-order valence-corrected chi connectivity index (χ4v) is 1.89. The van der Waals surface area contributed by atoms with Crippen molar-refractivity contribution in [2.75, 3.05) is 32.9 Å². The molecule has 0 radical (unpaired) electrons. The topological polar surface area (TPSA) is 116 Å². The van der Waals surface area contributed by atoms with Gasteiger partial charge in [0.15, 0.2) is 0 Å². The maximum Gasteiger partial charge on any atom is 0.314 e. The average Bonchev–Trinajstić information content (AvgIpc) is 2.28. The molecule has 0 aliphatic heterocycles. The Morgan fingerprint density at radius 3 is 2.26 bits per heavy atom. The van der Waals surface area contributed by atoms with Crippen LogP contribution in [0.5, 0.6) is 0 Å². The predicted molar refractivity (Wildman–Crippen MR) is 70.3 cm³/mol. The molecule has 0 saturated heterocycles. The molecule has 0 rings (SSSR count). The highest BCUT2D eigenvalue weighted by Crippen LogP contribution is 2.00. The smallest absolute Gasteiger partial charge is 0.314 e. The van der Waals surface area contributed by atoms with E-state index in [2.05, 4.69) is 10.6 Å². The lowest BCUT2D eigenvalue weighted by Gasteiger charge is -2.13. The molecule has 2 amide bonds. The number of carbonyl (C=O) groups excluding carboxylic acids is 1. The maximum atomic E-state index is 11.4. The minimum Gasteiger partial charge on any atom is -0.481 e. The molecule has 0 aromatic carbocycles. The molecule has 9 heteroatoms. The minimum absolute atomic E-state index is 0.0120. The second-order valence-corrected chi connectivity index (χ2v) is 6.48. The van der Waals surface area contributed by atoms with Gasteiger partial charge < -0.3 is 15.7 Å². The molecule has 0 aromatic heterocycles. The number of hydrogen-bond donors (Lipinski definition) is 3. The van der Waals surface area contributed by atoms with Crippen molar-refractivity contribution in [3.8, 4) is 0 Å². The number of rotatable bonds is 8. The third kappa shape index (κ3) is 6.97. The van der Waals surface area contributed by atoms with Crippen molar-refractivity contribution in [1.29, 1.82) is 0 Å². The van der Waals surface area contributed by atoms with Gasteiger partial charge in [0.1, 0.15) is 0 Å². The molecule has 3 N–H and O–H groups in total. The Kier molecular flexibility index (Phi) is 7.38. The van der Waals surface area contributed by atoms with E-state index in [-0.39, 0.29) is 18.8 Å². The number of carbonyl (C=O) groups is 2. The number of hydrogen-bond acceptors (Lipinski definition) is 4. The van der Waals surface area contributed by atoms with Crippen molar-refractivity contribution < 1.29 is 23.1 Å². The van der Waals surface area contributed by atoms with Gasteiger partial charge in [-0.25, -0.2) is 17.5 Å². The van der Waals surface area contributed by atoms with Gasteiger partial charge in [-0.3, -0.25) is 4.79 Å². The third-order valence-electron chi connectivity index (χ3n) is 2.55. The lowest BCUT2D eigenvalue weighted by Crippen LogP contribution is -2.42. The molecule has 8 nitrogen and oxygen atoms in total. The fourth-order valence-electron chi connectivity index (χ4n) is 1.16. The van der Waals surface area contributed by atoms with Gasteiger partial charge in [0.25, 0.3) is 0 Å². The van der Waals surface area contributed by atoms with Gasteiger partial charge in [0, 0.05) is 27.2 Å². The van der Waals surface area contributed by atoms with Crippen molar-refractivity contribution >= 4 is 22.0 Å². The highest BCUT2D eigenvalue weighted by molar-refractivity contribution is 7.89. The van der Waals surface area contributed by atoms with Crippen LogP contribution in [0.2, 0.25) is 0 Å². The summed E-state index contributed by atoms with van der Waals surface area (Å²) in [6.07, 6.45) is 0.407. The van der Waals surface area contributed by atoms with Gasteiger partial charge in [-0.2, -0.15) is 0 Å². The van der Waals surface area contributed by atoms with Gasteiger partial charge in [-0.1, -0.05) is 6.92 Å². The van der Waals surface area contributed by atoms with E-state index in [9.17, 15) is 18.0 Å². The molecule has 0 aliphatic rings. The Morgan fingerprint density at radius 2 is 1.84 bits per heavy atom. The summed E-state index contributed by atoms with van der Waals surface area (Å²) >= 11 is 0. The van der Waals surface area contributed by atoms with E-state index in [0.29, 0.717) is 6.42 Å². The van der Waals surface area contributed by atoms with Crippen LogP contribution in [0.4, 0.5) is 4.79 Å². The van der Waals surface area contributed by atoms with Crippen molar-refractivity contribution in [2.24, 2.45) is 5.92 Å². The Balaban J connectivity index is 3.98. The number of sulfonamides is 1. The van der Waals surface area contributed by atoms with Crippen molar-refractivity contribution in [3.05, 3.63) is 0 Å². The Morgan fingerprint density at radius 1 is 1.26 bits per heavy atom. The third-order valence-corrected chi connectivity index (χ3v) is 4.39. The minimum atomic E-state index is -3.35. The number of aliphatic carboxylic acids is 1. The summed E-state index contributed by atoms with van der Waals surface area (Å²) in [5, 5.41) is 13.5. The quantitative estimate of drug-likeness (QED) is 0.547. The number of nitrogens with one attached hydrogen (secondary N) is 2. The molecular weight excluding hydrogens is 274 g/mol. The predicted octanol–water partition coefficient (Wildman–Crippen LogP) is -0.712. The second kappa shape index (κ2) is 7.95. The van der Waals surface area contributed by atoms with Gasteiger partial charge in [0.05, 0.1) is 11.7 Å². The lowest BCUT2D eigenvalue weighted by molar-refractivity contribution is -0.141. The fraction of sp³-hybridized carbons (Fsp3) is 0.800. The summed E-state index contributed by atoms with van der Waals surface area (Å²) in [5.74, 6) is -1.82. The van der Waals surface area contributed by atoms with Crippen LogP contribution >= 0.6 is 0 Å². The molecule has 0 aromatic rings. The molecule has 0 aliphatic carbocycles. The summed E-state index contributed by atoms with van der Waals surface area (Å²) < 4.78 is 23.9. The zero-order valence-corrected chi connectivity index (χ0v) is 12.2. The summed E-state index contributed by atoms with van der Waals surface area (Å²) in [6.45, 7) is 1.69. The van der Waals surface area contributed by atoms with Crippen LogP contribution in [0.15, 0.2) is 0 Å². The van der Waals surface area contributed by atoms with E-state index < -0.39 is 27.9 Å². The van der Waals surface area contributed by atoms with Crippen molar-refractivity contribution in [2.45, 2.75) is 13.3 Å². The normalized spacial score (nSPS) is 13.1. The first kappa shape index (κ1) is 17.6. The summed E-state index contributed by atoms with van der Waals surface area (Å²) in [6, 6.07) is -0.575. The molecule has 0 heterocycles. The number of nitrogens with zero attached hydrogens (tertiary/aromatic N) is 1. The van der Waals surface area contributed by atoms with Gasteiger partial charge in [0.2, 0.25) is 10.0 Å². The van der Waals surface area contributed by atoms with Crippen LogP contribution in [0.1, 0.15) is 13.3 Å². The van der Waals surface area contributed by atoms with E-state index in [4.69, 9.17) is 5.11 Å². The first-order valence-electron chi connectivity index (χ1n) is 5.85. The van der Waals surface area contributed by atoms with E-state index in [0.717, 1.165) is 4.31 Å². The van der Waals surface area contributed by atoms with Gasteiger partial charge in [-0.15, -0.1) is 0 Å². The van der Waals surface area contributed by atoms with Crippen LogP contribution < -0.4 is 10.6 Å². The van der Waals surface area contributed by atoms with Crippen molar-refractivity contribution in [1.82, 2.24) is 14.9 Å². The molecule has 112 valence electrons. The van der Waals surface area contributed by atoms with E-state index >= 15 is 0 Å². The first-order valence-corrected chi connectivity index (χ1v) is 7.46. The van der Waals surface area contributed by atoms with E-state index in [1.807, 2.05) is 0 Å². The maximum absolute atomic E-state index is 11.4. The zero-order valence-electron chi connectivity index (χ0n) is 11.3. The number of carboxylic acid groups (broad SMARTS) is 1. The molecular formula is C10H21N3O5S. The van der Waals surface area contributed by atoms with Crippen LogP contribution in [0.25, 0.3) is 0 Å². The van der Waals surface area contributed by atoms with E-state index in [1.165, 1.54) is 14.1 Å². The molecule has 19 heavy (non-hydrogen) atoms. The standard InChI is InChI=1S/C10H21N3O5S/c1-4-8(9(14)15)7-12-10(16)11-5-6-19(17,18)13(2)3/h8H,4-7H2,1-3H3,(H,14,15)(H2,11,12,16). The number of amides is 2. The molecule has 0 spiro atoms. The molecule has 1 unspecified atom stereocenters. The van der Waals surface area contributed by atoms with E-state index in [1.54, 1.807) is 6.92 Å². The number of carboxylic acids is 1. The van der Waals surface area contributed by atoms with Crippen LogP contribution in [0.3, 0.4) is 0 Å². The Labute approximate surface area is 113 Å². The zero-order chi connectivity index (χ0) is 15.1. The average molecular weight is 295 g/mol. The van der Waals surface area contributed by atoms with Crippen molar-refractivity contribution in [3.63, 3.8) is 0 Å². The lowest BCUT2D eigenvalue weighted by atomic mass is 10.1. The number of urea groups is 1. The largest absolute Gasteiger partial charge is 0.481 e. The summed E-state index contributed by atoms with van der Waals surface area (Å²) in [7, 11) is -0.525. The Hall–Kier alpha value is -1.35. The summed E-state index contributed by atoms with van der Waals surface area (Å²) in [4.78, 5) is 22.0. The van der Waals surface area contributed by atoms with Crippen LogP contribution in [-0.2, 0) is 14.8 Å². The highest BCUT2D eigenvalue weighted by atomic mass is 32.2. The molecule has 0 bridgehead atoms. The SMILES string of the molecule is CCC(CNC(=O)NCCS(=O)(=O)N(C)C)C(=O)O. The monoisotopic (exact) mass is 295 g/mol. The summed E-state index contributed by atoms with van der Waals surface area (Å²) in [5.41, 5.74) is 0. The molecule has 0 saturated carbocycles. The highest BCUT2D eigenvalue weighted by Gasteiger charge is 2.16. The van der Waals surface area contributed by atoms with Gasteiger partial charge >= 0.3 is 12.0 Å². The Bertz CT molecular complexity index is 407. The first-order chi connectivity index (χ1) is 8.70. The van der Waals surface area contributed by atoms with Crippen LogP contribution in [0, 0.1) is 5.92 Å². The molecule has 0 fully saturated rings. The molecule has 1 atom stereocenters. The van der Waals surface area contributed by atoms with Gasteiger partial charge in [-0.05, 0) is 6.42 Å².